The summed E-state index contributed by atoms with van der Waals surface area (Å²) in [6, 6.07) is 0. The predicted octanol–water partition coefficient (Wildman–Crippen LogP) is 4.56. The Morgan fingerprint density at radius 2 is 1.79 bits per heavy atom. The van der Waals surface area contributed by atoms with E-state index in [1.54, 1.807) is 6.08 Å². The molecule has 0 saturated heterocycles. The highest BCUT2D eigenvalue weighted by Crippen LogP contribution is 2.30. The smallest absolute Gasteiger partial charge is 0.165 e. The molecule has 0 nitrogen and oxygen atoms in total. The number of halogens is 4. The van der Waals surface area contributed by atoms with Crippen molar-refractivity contribution in [3.8, 4) is 0 Å². The number of alkyl halides is 3. The SMILES string of the molecule is FC(F)(F)C(Br)=C=CC1CCCCC1. The van der Waals surface area contributed by atoms with E-state index in [1.807, 2.05) is 0 Å². The Morgan fingerprint density at radius 1 is 1.21 bits per heavy atom. The first-order valence-corrected chi connectivity index (χ1v) is 5.49. The molecule has 0 spiro atoms. The minimum absolute atomic E-state index is 0.277. The summed E-state index contributed by atoms with van der Waals surface area (Å²) < 4.78 is 35.3. The molecule has 0 aromatic heterocycles. The van der Waals surface area contributed by atoms with Crippen LogP contribution in [0.3, 0.4) is 0 Å². The largest absolute Gasteiger partial charge is 0.430 e. The van der Waals surface area contributed by atoms with E-state index in [-0.39, 0.29) is 5.92 Å². The molecule has 0 bridgehead atoms. The van der Waals surface area contributed by atoms with Crippen molar-refractivity contribution in [3.63, 3.8) is 0 Å². The molecule has 0 heterocycles. The van der Waals surface area contributed by atoms with Crippen LogP contribution in [0.1, 0.15) is 32.1 Å². The van der Waals surface area contributed by atoms with Crippen LogP contribution in [0.4, 0.5) is 13.2 Å². The van der Waals surface area contributed by atoms with Crippen LogP contribution in [-0.4, -0.2) is 6.18 Å². The second kappa shape index (κ2) is 5.04. The second-order valence-electron chi connectivity index (χ2n) is 3.52. The first-order chi connectivity index (χ1) is 6.50. The average molecular weight is 269 g/mol. The van der Waals surface area contributed by atoms with Crippen molar-refractivity contribution in [3.05, 3.63) is 16.3 Å². The monoisotopic (exact) mass is 268 g/mol. The third-order valence-electron chi connectivity index (χ3n) is 2.34. The van der Waals surface area contributed by atoms with Gasteiger partial charge in [0.25, 0.3) is 0 Å². The van der Waals surface area contributed by atoms with Crippen LogP contribution >= 0.6 is 15.9 Å². The molecule has 0 N–H and O–H groups in total. The third kappa shape index (κ3) is 3.89. The van der Waals surface area contributed by atoms with E-state index < -0.39 is 10.7 Å². The highest BCUT2D eigenvalue weighted by molar-refractivity contribution is 9.11. The molecule has 0 aliphatic heterocycles. The fourth-order valence-corrected chi connectivity index (χ4v) is 1.71. The van der Waals surface area contributed by atoms with Gasteiger partial charge in [0.2, 0.25) is 0 Å². The molecule has 0 atom stereocenters. The van der Waals surface area contributed by atoms with Crippen LogP contribution in [0, 0.1) is 5.92 Å². The van der Waals surface area contributed by atoms with Crippen molar-refractivity contribution in [1.82, 2.24) is 0 Å². The fraction of sp³-hybridized carbons (Fsp3) is 0.700. The van der Waals surface area contributed by atoms with Gasteiger partial charge in [-0.15, -0.1) is 5.73 Å². The Balaban J connectivity index is 2.60. The van der Waals surface area contributed by atoms with Gasteiger partial charge in [-0.1, -0.05) is 19.3 Å². The fourth-order valence-electron chi connectivity index (χ4n) is 1.57. The van der Waals surface area contributed by atoms with E-state index in [2.05, 4.69) is 21.7 Å². The minimum atomic E-state index is -4.30. The lowest BCUT2D eigenvalue weighted by Crippen LogP contribution is -2.06. The highest BCUT2D eigenvalue weighted by Gasteiger charge is 2.31. The van der Waals surface area contributed by atoms with Gasteiger partial charge in [0.15, 0.2) is 0 Å². The molecular formula is C10H12BrF3. The van der Waals surface area contributed by atoms with Crippen molar-refractivity contribution < 1.29 is 13.2 Å². The van der Waals surface area contributed by atoms with Gasteiger partial charge >= 0.3 is 6.18 Å². The quantitative estimate of drug-likeness (QED) is 0.612. The Morgan fingerprint density at radius 3 is 2.29 bits per heavy atom. The maximum Gasteiger partial charge on any atom is 0.430 e. The Kier molecular flexibility index (Phi) is 4.27. The molecule has 0 aromatic carbocycles. The molecular weight excluding hydrogens is 257 g/mol. The van der Waals surface area contributed by atoms with Gasteiger partial charge in [-0.2, -0.15) is 13.2 Å². The Labute approximate surface area is 90.0 Å². The zero-order chi connectivity index (χ0) is 10.6. The molecule has 1 saturated carbocycles. The first-order valence-electron chi connectivity index (χ1n) is 4.69. The van der Waals surface area contributed by atoms with Crippen molar-refractivity contribution in [2.45, 2.75) is 38.3 Å². The van der Waals surface area contributed by atoms with Gasteiger partial charge in [0, 0.05) is 0 Å². The van der Waals surface area contributed by atoms with Gasteiger partial charge in [-0.05, 0) is 40.8 Å². The van der Waals surface area contributed by atoms with Crippen LogP contribution in [0.25, 0.3) is 0 Å². The van der Waals surface area contributed by atoms with Crippen molar-refractivity contribution in [1.29, 1.82) is 0 Å². The molecule has 1 rings (SSSR count). The van der Waals surface area contributed by atoms with Crippen LogP contribution in [-0.2, 0) is 0 Å². The number of rotatable bonds is 1. The molecule has 1 fully saturated rings. The maximum atomic E-state index is 12.0. The molecule has 14 heavy (non-hydrogen) atoms. The standard InChI is InChI=1S/C10H12BrF3/c11-9(10(12,13)14)7-6-8-4-2-1-3-5-8/h6,8H,1-5H2. The lowest BCUT2D eigenvalue weighted by Gasteiger charge is -2.16. The normalized spacial score (nSPS) is 18.9. The zero-order valence-electron chi connectivity index (χ0n) is 7.70. The van der Waals surface area contributed by atoms with Gasteiger partial charge in [-0.3, -0.25) is 0 Å². The van der Waals surface area contributed by atoms with Gasteiger partial charge in [-0.25, -0.2) is 0 Å². The van der Waals surface area contributed by atoms with E-state index in [0.717, 1.165) is 25.7 Å². The summed E-state index contributed by atoms with van der Waals surface area (Å²) in [6.07, 6.45) is 2.67. The molecule has 4 heteroatoms. The molecule has 80 valence electrons. The molecule has 0 radical (unpaired) electrons. The van der Waals surface area contributed by atoms with E-state index in [1.165, 1.54) is 6.42 Å². The summed E-state index contributed by atoms with van der Waals surface area (Å²) in [7, 11) is 0. The Bertz CT molecular complexity index is 243. The van der Waals surface area contributed by atoms with E-state index >= 15 is 0 Å². The molecule has 0 unspecified atom stereocenters. The van der Waals surface area contributed by atoms with E-state index in [4.69, 9.17) is 0 Å². The van der Waals surface area contributed by atoms with Crippen LogP contribution in [0.5, 0.6) is 0 Å². The summed E-state index contributed by atoms with van der Waals surface area (Å²) in [4.78, 5) is 0. The lowest BCUT2D eigenvalue weighted by molar-refractivity contribution is -0.0827. The van der Waals surface area contributed by atoms with E-state index in [0.29, 0.717) is 0 Å². The maximum absolute atomic E-state index is 12.0. The highest BCUT2D eigenvalue weighted by atomic mass is 79.9. The second-order valence-corrected chi connectivity index (χ2v) is 4.31. The summed E-state index contributed by atoms with van der Waals surface area (Å²) >= 11 is 2.47. The third-order valence-corrected chi connectivity index (χ3v) is 3.02. The van der Waals surface area contributed by atoms with Crippen LogP contribution < -0.4 is 0 Å². The summed E-state index contributed by atoms with van der Waals surface area (Å²) in [6.45, 7) is 0. The molecule has 0 amide bonds. The van der Waals surface area contributed by atoms with Gasteiger partial charge < -0.3 is 0 Å². The summed E-state index contributed by atoms with van der Waals surface area (Å²) in [5.74, 6) is 0.277. The van der Waals surface area contributed by atoms with Crippen LogP contribution in [0.15, 0.2) is 16.3 Å². The van der Waals surface area contributed by atoms with Gasteiger partial charge in [0.05, 0.1) is 0 Å². The van der Waals surface area contributed by atoms with Crippen molar-refractivity contribution in [2.75, 3.05) is 0 Å². The molecule has 0 aromatic rings. The summed E-state index contributed by atoms with van der Waals surface area (Å²) in [5, 5.41) is 0. The zero-order valence-corrected chi connectivity index (χ0v) is 9.29. The molecule has 1 aliphatic rings. The number of hydrogen-bond acceptors (Lipinski definition) is 0. The lowest BCUT2D eigenvalue weighted by atomic mass is 9.89. The van der Waals surface area contributed by atoms with Crippen molar-refractivity contribution >= 4 is 15.9 Å². The first kappa shape index (κ1) is 11.9. The molecule has 1 aliphatic carbocycles. The summed E-state index contributed by atoms with van der Waals surface area (Å²) in [5.41, 5.74) is 2.28. The minimum Gasteiger partial charge on any atom is -0.165 e. The van der Waals surface area contributed by atoms with E-state index in [9.17, 15) is 13.2 Å². The topological polar surface area (TPSA) is 0 Å². The van der Waals surface area contributed by atoms with Gasteiger partial charge in [0.1, 0.15) is 4.48 Å². The number of hydrogen-bond donors (Lipinski definition) is 0. The number of allylic oxidation sites excluding steroid dienone is 1. The van der Waals surface area contributed by atoms with Crippen LogP contribution in [0.2, 0.25) is 0 Å². The predicted molar refractivity (Wildman–Crippen MR) is 53.2 cm³/mol. The Hall–Kier alpha value is -0.210. The average Bonchev–Trinajstić information content (AvgIpc) is 2.14. The van der Waals surface area contributed by atoms with Crippen molar-refractivity contribution in [2.24, 2.45) is 5.92 Å².